The van der Waals surface area contributed by atoms with Crippen molar-refractivity contribution in [2.75, 3.05) is 18.4 Å². The molecule has 3 aromatic rings. The molecule has 0 unspecified atom stereocenters. The molecule has 0 spiro atoms. The van der Waals surface area contributed by atoms with E-state index in [1.807, 2.05) is 47.5 Å². The molecule has 6 heteroatoms. The van der Waals surface area contributed by atoms with Crippen molar-refractivity contribution < 1.29 is 9.59 Å². The Morgan fingerprint density at radius 2 is 1.63 bits per heavy atom. The number of nitrogens with zero attached hydrogens (tertiary/aromatic N) is 2. The molecule has 0 saturated carbocycles. The summed E-state index contributed by atoms with van der Waals surface area (Å²) in [6.45, 7) is 1.65. The van der Waals surface area contributed by atoms with Crippen LogP contribution in [0.4, 0.5) is 5.69 Å². The molecule has 2 aromatic carbocycles. The Kier molecular flexibility index (Phi) is 6.44. The van der Waals surface area contributed by atoms with Crippen LogP contribution in [0.25, 0.3) is 0 Å². The summed E-state index contributed by atoms with van der Waals surface area (Å²) >= 11 is 1.70. The average Bonchev–Trinajstić information content (AvgIpc) is 3.34. The molecule has 2 heterocycles. The van der Waals surface area contributed by atoms with E-state index in [0.717, 1.165) is 42.1 Å². The van der Waals surface area contributed by atoms with Crippen molar-refractivity contribution in [3.63, 3.8) is 0 Å². The number of pyridine rings is 1. The zero-order valence-electron chi connectivity index (χ0n) is 16.6. The first-order chi connectivity index (χ1) is 14.7. The molecular weight excluding hydrogens is 394 g/mol. The Morgan fingerprint density at radius 3 is 2.30 bits per heavy atom. The number of carbonyl (C=O) groups excluding carboxylic acids is 2. The van der Waals surface area contributed by atoms with Gasteiger partial charge in [0, 0.05) is 52.9 Å². The van der Waals surface area contributed by atoms with E-state index in [4.69, 9.17) is 0 Å². The van der Waals surface area contributed by atoms with Gasteiger partial charge in [0.05, 0.1) is 0 Å². The predicted molar refractivity (Wildman–Crippen MR) is 120 cm³/mol. The van der Waals surface area contributed by atoms with Crippen LogP contribution in [0, 0.1) is 0 Å². The Labute approximate surface area is 180 Å². The Hall–Kier alpha value is -3.12. The molecule has 1 aliphatic heterocycles. The lowest BCUT2D eigenvalue weighted by Gasteiger charge is -2.15. The van der Waals surface area contributed by atoms with Crippen LogP contribution in [0.5, 0.6) is 0 Å². The largest absolute Gasteiger partial charge is 0.339 e. The highest BCUT2D eigenvalue weighted by molar-refractivity contribution is 7.98. The monoisotopic (exact) mass is 417 g/mol. The third-order valence-electron chi connectivity index (χ3n) is 5.03. The third-order valence-corrected chi connectivity index (χ3v) is 6.11. The minimum absolute atomic E-state index is 0.0600. The second-order valence-corrected chi connectivity index (χ2v) is 8.25. The summed E-state index contributed by atoms with van der Waals surface area (Å²) in [7, 11) is 0. The number of hydrogen-bond acceptors (Lipinski definition) is 4. The number of aromatic nitrogens is 1. The van der Waals surface area contributed by atoms with Crippen molar-refractivity contribution >= 4 is 29.3 Å². The van der Waals surface area contributed by atoms with Crippen molar-refractivity contribution in [3.05, 3.63) is 89.7 Å². The number of thioether (sulfide) groups is 1. The van der Waals surface area contributed by atoms with E-state index in [-0.39, 0.29) is 11.8 Å². The van der Waals surface area contributed by atoms with Gasteiger partial charge < -0.3 is 10.2 Å². The lowest BCUT2D eigenvalue weighted by atomic mass is 10.1. The number of carbonyl (C=O) groups is 2. The lowest BCUT2D eigenvalue weighted by Crippen LogP contribution is -2.27. The second-order valence-electron chi connectivity index (χ2n) is 7.21. The first-order valence-electron chi connectivity index (χ1n) is 10.0. The number of hydrogen-bond donors (Lipinski definition) is 1. The van der Waals surface area contributed by atoms with Gasteiger partial charge in [0.15, 0.2) is 0 Å². The topological polar surface area (TPSA) is 62.3 Å². The molecule has 4 rings (SSSR count). The van der Waals surface area contributed by atoms with Crippen LogP contribution in [0.2, 0.25) is 0 Å². The summed E-state index contributed by atoms with van der Waals surface area (Å²) in [5.41, 5.74) is 3.09. The fourth-order valence-electron chi connectivity index (χ4n) is 3.35. The SMILES string of the molecule is O=C(Nc1ccc(C(=O)N2CCCC2)cc1)c1ccc(SCc2cccnc2)cc1. The Morgan fingerprint density at radius 1 is 0.933 bits per heavy atom. The van der Waals surface area contributed by atoms with Crippen LogP contribution in [0.3, 0.4) is 0 Å². The van der Waals surface area contributed by atoms with Gasteiger partial charge in [0.1, 0.15) is 0 Å². The first-order valence-corrected chi connectivity index (χ1v) is 11.0. The van der Waals surface area contributed by atoms with Gasteiger partial charge in [-0.2, -0.15) is 0 Å². The molecule has 1 N–H and O–H groups in total. The van der Waals surface area contributed by atoms with Gasteiger partial charge in [-0.15, -0.1) is 11.8 Å². The van der Waals surface area contributed by atoms with Gasteiger partial charge in [-0.05, 0) is 73.0 Å². The highest BCUT2D eigenvalue weighted by atomic mass is 32.2. The standard InChI is InChI=1S/C24H23N3O2S/c28-23(19-7-11-22(12-8-19)30-17-18-4-3-13-25-16-18)26-21-9-5-20(6-10-21)24(29)27-14-1-2-15-27/h3-13,16H,1-2,14-15,17H2,(H,26,28). The average molecular weight is 418 g/mol. The van der Waals surface area contributed by atoms with Gasteiger partial charge in [-0.1, -0.05) is 6.07 Å². The van der Waals surface area contributed by atoms with Gasteiger partial charge in [0.2, 0.25) is 0 Å². The highest BCUT2D eigenvalue weighted by Gasteiger charge is 2.19. The van der Waals surface area contributed by atoms with Crippen molar-refractivity contribution in [3.8, 4) is 0 Å². The molecule has 0 bridgehead atoms. The van der Waals surface area contributed by atoms with Crippen molar-refractivity contribution in [2.45, 2.75) is 23.5 Å². The highest BCUT2D eigenvalue weighted by Crippen LogP contribution is 2.23. The first kappa shape index (κ1) is 20.2. The van der Waals surface area contributed by atoms with E-state index in [1.165, 1.54) is 0 Å². The summed E-state index contributed by atoms with van der Waals surface area (Å²) in [5.74, 6) is 0.726. The van der Waals surface area contributed by atoms with Gasteiger partial charge in [-0.25, -0.2) is 0 Å². The zero-order chi connectivity index (χ0) is 20.8. The van der Waals surface area contributed by atoms with Crippen molar-refractivity contribution in [1.82, 2.24) is 9.88 Å². The molecule has 5 nitrogen and oxygen atoms in total. The van der Waals surface area contributed by atoms with Crippen LogP contribution in [0.15, 0.2) is 78.0 Å². The predicted octanol–water partition coefficient (Wildman–Crippen LogP) is 4.86. The van der Waals surface area contributed by atoms with E-state index in [2.05, 4.69) is 10.3 Å². The van der Waals surface area contributed by atoms with Crippen LogP contribution >= 0.6 is 11.8 Å². The fourth-order valence-corrected chi connectivity index (χ4v) is 4.19. The van der Waals surface area contributed by atoms with E-state index in [0.29, 0.717) is 16.8 Å². The molecule has 0 radical (unpaired) electrons. The molecular formula is C24H23N3O2S. The fraction of sp³-hybridized carbons (Fsp3) is 0.208. The van der Waals surface area contributed by atoms with Crippen LogP contribution in [-0.2, 0) is 5.75 Å². The summed E-state index contributed by atoms with van der Waals surface area (Å²) in [6.07, 6.45) is 5.76. The molecule has 1 aliphatic rings. The third kappa shape index (κ3) is 5.07. The lowest BCUT2D eigenvalue weighted by molar-refractivity contribution is 0.0792. The number of likely N-dealkylation sites (tertiary alicyclic amines) is 1. The number of amides is 2. The Balaban J connectivity index is 1.32. The van der Waals surface area contributed by atoms with E-state index in [1.54, 1.807) is 42.2 Å². The van der Waals surface area contributed by atoms with Crippen LogP contribution < -0.4 is 5.32 Å². The number of rotatable bonds is 6. The van der Waals surface area contributed by atoms with Gasteiger partial charge in [0.25, 0.3) is 11.8 Å². The molecule has 152 valence electrons. The normalized spacial score (nSPS) is 13.3. The van der Waals surface area contributed by atoms with Crippen LogP contribution in [0.1, 0.15) is 39.1 Å². The number of anilines is 1. The molecule has 30 heavy (non-hydrogen) atoms. The molecule has 1 aromatic heterocycles. The number of benzene rings is 2. The van der Waals surface area contributed by atoms with E-state index < -0.39 is 0 Å². The summed E-state index contributed by atoms with van der Waals surface area (Å²) in [6, 6.07) is 18.6. The summed E-state index contributed by atoms with van der Waals surface area (Å²) < 4.78 is 0. The Bertz CT molecular complexity index is 999. The van der Waals surface area contributed by atoms with E-state index in [9.17, 15) is 9.59 Å². The smallest absolute Gasteiger partial charge is 0.255 e. The molecule has 2 amide bonds. The molecule has 1 fully saturated rings. The molecule has 1 saturated heterocycles. The maximum atomic E-state index is 12.5. The second kappa shape index (κ2) is 9.59. The summed E-state index contributed by atoms with van der Waals surface area (Å²) in [4.78, 5) is 32.0. The minimum atomic E-state index is -0.169. The maximum absolute atomic E-state index is 12.5. The quantitative estimate of drug-likeness (QED) is 0.582. The van der Waals surface area contributed by atoms with E-state index >= 15 is 0 Å². The molecule has 0 atom stereocenters. The van der Waals surface area contributed by atoms with Gasteiger partial charge >= 0.3 is 0 Å². The maximum Gasteiger partial charge on any atom is 0.255 e. The number of nitrogens with one attached hydrogen (secondary N) is 1. The van der Waals surface area contributed by atoms with Crippen LogP contribution in [-0.4, -0.2) is 34.8 Å². The summed E-state index contributed by atoms with van der Waals surface area (Å²) in [5, 5.41) is 2.89. The van der Waals surface area contributed by atoms with Gasteiger partial charge in [-0.3, -0.25) is 14.6 Å². The zero-order valence-corrected chi connectivity index (χ0v) is 17.4. The minimum Gasteiger partial charge on any atom is -0.339 e. The molecule has 0 aliphatic carbocycles. The van der Waals surface area contributed by atoms with Crippen molar-refractivity contribution in [1.29, 1.82) is 0 Å². The van der Waals surface area contributed by atoms with Crippen molar-refractivity contribution in [2.24, 2.45) is 0 Å².